The molecule has 0 saturated heterocycles. The monoisotopic (exact) mass is 471 g/mol. The molecule has 2 heterocycles. The maximum Gasteiger partial charge on any atom is 0.261 e. The van der Waals surface area contributed by atoms with Crippen molar-refractivity contribution in [2.75, 3.05) is 24.7 Å². The molecule has 11 heteroatoms. The van der Waals surface area contributed by atoms with Crippen LogP contribution in [-0.2, 0) is 10.0 Å². The molecule has 1 aliphatic rings. The van der Waals surface area contributed by atoms with Crippen LogP contribution in [0.25, 0.3) is 0 Å². The topological polar surface area (TPSA) is 136 Å². The number of hydrogen-bond acceptors (Lipinski definition) is 8. The number of sulfonamides is 1. The first kappa shape index (κ1) is 22.4. The molecule has 3 aromatic rings. The summed E-state index contributed by atoms with van der Waals surface area (Å²) in [5.41, 5.74) is 0.630. The third-order valence-corrected chi connectivity index (χ3v) is 6.04. The molecule has 1 atom stereocenters. The van der Waals surface area contributed by atoms with Gasteiger partial charge < -0.3 is 24.6 Å². The Kier molecular flexibility index (Phi) is 6.61. The SMILES string of the molecule is O=C(NCC(O)COc1ccc2c(c1)OCO2)c1ccc(S(=O)(=O)Nc2ccncc2)cc1. The van der Waals surface area contributed by atoms with Crippen molar-refractivity contribution in [2.45, 2.75) is 11.0 Å². The molecule has 1 amide bonds. The lowest BCUT2D eigenvalue weighted by atomic mass is 10.2. The second-order valence-electron chi connectivity index (χ2n) is 7.06. The highest BCUT2D eigenvalue weighted by molar-refractivity contribution is 7.92. The number of pyridine rings is 1. The van der Waals surface area contributed by atoms with Crippen LogP contribution in [-0.4, -0.2) is 50.5 Å². The van der Waals surface area contributed by atoms with Crippen molar-refractivity contribution in [2.24, 2.45) is 0 Å². The normalized spacial score (nSPS) is 13.2. The lowest BCUT2D eigenvalue weighted by Crippen LogP contribution is -2.35. The number of amides is 1. The molecule has 0 fully saturated rings. The Bertz CT molecular complexity index is 1220. The van der Waals surface area contributed by atoms with Crippen LogP contribution in [0.15, 0.2) is 71.9 Å². The molecule has 1 aliphatic heterocycles. The third-order valence-electron chi connectivity index (χ3n) is 4.64. The van der Waals surface area contributed by atoms with E-state index < -0.39 is 22.0 Å². The molecule has 0 aliphatic carbocycles. The van der Waals surface area contributed by atoms with E-state index in [0.29, 0.717) is 22.9 Å². The first-order chi connectivity index (χ1) is 15.9. The van der Waals surface area contributed by atoms with Gasteiger partial charge in [-0.1, -0.05) is 0 Å². The van der Waals surface area contributed by atoms with Crippen molar-refractivity contribution in [3.63, 3.8) is 0 Å². The maximum absolute atomic E-state index is 12.5. The molecule has 1 unspecified atom stereocenters. The summed E-state index contributed by atoms with van der Waals surface area (Å²) >= 11 is 0. The van der Waals surface area contributed by atoms with E-state index in [-0.39, 0.29) is 30.4 Å². The smallest absolute Gasteiger partial charge is 0.261 e. The van der Waals surface area contributed by atoms with Gasteiger partial charge in [0.05, 0.1) is 10.6 Å². The van der Waals surface area contributed by atoms with Crippen molar-refractivity contribution in [1.82, 2.24) is 10.3 Å². The van der Waals surface area contributed by atoms with Gasteiger partial charge in [0.15, 0.2) is 11.5 Å². The largest absolute Gasteiger partial charge is 0.491 e. The van der Waals surface area contributed by atoms with E-state index in [9.17, 15) is 18.3 Å². The summed E-state index contributed by atoms with van der Waals surface area (Å²) in [4.78, 5) is 16.2. The number of nitrogens with one attached hydrogen (secondary N) is 2. The highest BCUT2D eigenvalue weighted by Gasteiger charge is 2.17. The summed E-state index contributed by atoms with van der Waals surface area (Å²) in [5.74, 6) is 1.24. The number of aliphatic hydroxyl groups is 1. The fourth-order valence-corrected chi connectivity index (χ4v) is 4.01. The molecule has 2 aromatic carbocycles. The van der Waals surface area contributed by atoms with E-state index in [2.05, 4.69) is 15.0 Å². The Morgan fingerprint density at radius 2 is 1.79 bits per heavy atom. The Hall–Kier alpha value is -3.83. The molecule has 33 heavy (non-hydrogen) atoms. The minimum absolute atomic E-state index is 0.00743. The molecule has 0 radical (unpaired) electrons. The van der Waals surface area contributed by atoms with E-state index in [4.69, 9.17) is 14.2 Å². The number of aromatic nitrogens is 1. The summed E-state index contributed by atoms with van der Waals surface area (Å²) in [6.07, 6.45) is 1.99. The number of hydrogen-bond donors (Lipinski definition) is 3. The Morgan fingerprint density at radius 3 is 2.55 bits per heavy atom. The van der Waals surface area contributed by atoms with E-state index in [0.717, 1.165) is 0 Å². The highest BCUT2D eigenvalue weighted by atomic mass is 32.2. The fraction of sp³-hybridized carbons (Fsp3) is 0.182. The second kappa shape index (κ2) is 9.76. The van der Waals surface area contributed by atoms with Crippen molar-refractivity contribution in [1.29, 1.82) is 0 Å². The molecule has 172 valence electrons. The second-order valence-corrected chi connectivity index (χ2v) is 8.74. The molecule has 10 nitrogen and oxygen atoms in total. The maximum atomic E-state index is 12.5. The van der Waals surface area contributed by atoms with E-state index in [1.807, 2.05) is 0 Å². The first-order valence-electron chi connectivity index (χ1n) is 9.92. The van der Waals surface area contributed by atoms with Crippen LogP contribution < -0.4 is 24.2 Å². The van der Waals surface area contributed by atoms with Crippen LogP contribution in [0.4, 0.5) is 5.69 Å². The van der Waals surface area contributed by atoms with Crippen molar-refractivity contribution in [3.05, 3.63) is 72.6 Å². The standard InChI is InChI=1S/C22H21N3O7S/c26-17(13-30-18-3-6-20-21(11-18)32-14-31-20)12-24-22(27)15-1-4-19(5-2-15)33(28,29)25-16-7-9-23-10-8-16/h1-11,17,26H,12-14H2,(H,23,25)(H,24,27). The van der Waals surface area contributed by atoms with E-state index >= 15 is 0 Å². The van der Waals surface area contributed by atoms with Gasteiger partial charge in [-0.2, -0.15) is 0 Å². The van der Waals surface area contributed by atoms with Crippen LogP contribution in [0.3, 0.4) is 0 Å². The van der Waals surface area contributed by atoms with Gasteiger partial charge in [0.1, 0.15) is 18.5 Å². The number of benzene rings is 2. The average molecular weight is 471 g/mol. The van der Waals surface area contributed by atoms with Gasteiger partial charge in [-0.25, -0.2) is 8.42 Å². The van der Waals surface area contributed by atoms with Gasteiger partial charge in [-0.05, 0) is 48.5 Å². The van der Waals surface area contributed by atoms with Crippen LogP contribution in [0.5, 0.6) is 17.2 Å². The summed E-state index contributed by atoms with van der Waals surface area (Å²) in [7, 11) is -3.80. The van der Waals surface area contributed by atoms with Gasteiger partial charge in [0.2, 0.25) is 6.79 Å². The minimum atomic E-state index is -3.80. The number of rotatable bonds is 9. The van der Waals surface area contributed by atoms with E-state index in [1.165, 1.54) is 48.8 Å². The van der Waals surface area contributed by atoms with Crippen LogP contribution in [0, 0.1) is 0 Å². The molecular weight excluding hydrogens is 450 g/mol. The zero-order valence-electron chi connectivity index (χ0n) is 17.3. The van der Waals surface area contributed by atoms with Gasteiger partial charge >= 0.3 is 0 Å². The highest BCUT2D eigenvalue weighted by Crippen LogP contribution is 2.35. The quantitative estimate of drug-likeness (QED) is 0.430. The van der Waals surface area contributed by atoms with Gasteiger partial charge in [-0.3, -0.25) is 14.5 Å². The predicted molar refractivity (Wildman–Crippen MR) is 118 cm³/mol. The van der Waals surface area contributed by atoms with E-state index in [1.54, 1.807) is 18.2 Å². The minimum Gasteiger partial charge on any atom is -0.491 e. The van der Waals surface area contributed by atoms with Crippen molar-refractivity contribution in [3.8, 4) is 17.2 Å². The van der Waals surface area contributed by atoms with Gasteiger partial charge in [-0.15, -0.1) is 0 Å². The van der Waals surface area contributed by atoms with Crippen molar-refractivity contribution >= 4 is 21.6 Å². The molecule has 1 aromatic heterocycles. The molecule has 0 bridgehead atoms. The fourth-order valence-electron chi connectivity index (χ4n) is 2.95. The summed E-state index contributed by atoms with van der Waals surface area (Å²) < 4.78 is 43.4. The van der Waals surface area contributed by atoms with Crippen LogP contribution >= 0.6 is 0 Å². The zero-order valence-corrected chi connectivity index (χ0v) is 18.1. The first-order valence-corrected chi connectivity index (χ1v) is 11.4. The number of nitrogens with zero attached hydrogens (tertiary/aromatic N) is 1. The number of carbonyl (C=O) groups excluding carboxylic acids is 1. The molecular formula is C22H21N3O7S. The summed E-state index contributed by atoms with van der Waals surface area (Å²) in [6, 6.07) is 13.6. The Labute approximate surface area is 190 Å². The van der Waals surface area contributed by atoms with Gasteiger partial charge in [0, 0.05) is 30.6 Å². The molecule has 4 rings (SSSR count). The molecule has 3 N–H and O–H groups in total. The Balaban J connectivity index is 1.27. The number of ether oxygens (including phenoxy) is 3. The zero-order chi connectivity index (χ0) is 23.3. The number of aliphatic hydroxyl groups excluding tert-OH is 1. The number of fused-ring (bicyclic) bond motifs is 1. The van der Waals surface area contributed by atoms with Crippen LogP contribution in [0.1, 0.15) is 10.4 Å². The summed E-state index contributed by atoms with van der Waals surface area (Å²) in [5, 5.41) is 12.7. The lowest BCUT2D eigenvalue weighted by molar-refractivity contribution is 0.0843. The van der Waals surface area contributed by atoms with Crippen molar-refractivity contribution < 1.29 is 32.5 Å². The predicted octanol–water partition coefficient (Wildman–Crippen LogP) is 1.78. The lowest BCUT2D eigenvalue weighted by Gasteiger charge is -2.14. The molecule has 0 saturated carbocycles. The summed E-state index contributed by atoms with van der Waals surface area (Å²) in [6.45, 7) is 0.0619. The van der Waals surface area contributed by atoms with Crippen LogP contribution in [0.2, 0.25) is 0 Å². The Morgan fingerprint density at radius 1 is 1.06 bits per heavy atom. The third kappa shape index (κ3) is 5.70. The molecule has 0 spiro atoms. The number of anilines is 1. The average Bonchev–Trinajstić information content (AvgIpc) is 3.29. The van der Waals surface area contributed by atoms with Gasteiger partial charge in [0.25, 0.3) is 15.9 Å². The number of carbonyl (C=O) groups is 1.